The van der Waals surface area contributed by atoms with Crippen LogP contribution in [-0.4, -0.2) is 31.3 Å². The Labute approximate surface area is 113 Å². The van der Waals surface area contributed by atoms with E-state index in [1.54, 1.807) is 6.92 Å². The fourth-order valence-electron chi connectivity index (χ4n) is 2.44. The van der Waals surface area contributed by atoms with E-state index in [-0.39, 0.29) is 11.7 Å². The molecule has 0 atom stereocenters. The number of amides is 1. The SMILES string of the molecule is CCNC(=O)CCN1CCc2cc(C(C)=O)ccc21. The molecule has 0 radical (unpaired) electrons. The number of ketones is 1. The largest absolute Gasteiger partial charge is 0.370 e. The third-order valence-corrected chi connectivity index (χ3v) is 3.46. The maximum Gasteiger partial charge on any atom is 0.221 e. The summed E-state index contributed by atoms with van der Waals surface area (Å²) in [5, 5.41) is 2.81. The van der Waals surface area contributed by atoms with Crippen LogP contribution in [0.2, 0.25) is 0 Å². The first kappa shape index (κ1) is 13.6. The topological polar surface area (TPSA) is 49.4 Å². The van der Waals surface area contributed by atoms with Gasteiger partial charge in [-0.3, -0.25) is 9.59 Å². The summed E-state index contributed by atoms with van der Waals surface area (Å²) in [5.74, 6) is 0.194. The number of carbonyl (C=O) groups excluding carboxylic acids is 2. The van der Waals surface area contributed by atoms with E-state index in [1.165, 1.54) is 5.56 Å². The first-order valence-electron chi connectivity index (χ1n) is 6.77. The van der Waals surface area contributed by atoms with E-state index < -0.39 is 0 Å². The summed E-state index contributed by atoms with van der Waals surface area (Å²) in [6, 6.07) is 5.84. The van der Waals surface area contributed by atoms with Crippen LogP contribution in [0.25, 0.3) is 0 Å². The molecular weight excluding hydrogens is 240 g/mol. The number of fused-ring (bicyclic) bond motifs is 1. The van der Waals surface area contributed by atoms with Crippen molar-refractivity contribution >= 4 is 17.4 Å². The summed E-state index contributed by atoms with van der Waals surface area (Å²) in [5.41, 5.74) is 3.14. The summed E-state index contributed by atoms with van der Waals surface area (Å²) in [7, 11) is 0. The Hall–Kier alpha value is -1.84. The molecule has 0 fully saturated rings. The van der Waals surface area contributed by atoms with Crippen molar-refractivity contribution in [2.75, 3.05) is 24.5 Å². The molecule has 0 aromatic heterocycles. The van der Waals surface area contributed by atoms with Crippen molar-refractivity contribution in [2.45, 2.75) is 26.7 Å². The van der Waals surface area contributed by atoms with Crippen LogP contribution in [0.3, 0.4) is 0 Å². The van der Waals surface area contributed by atoms with Crippen LogP contribution in [0.5, 0.6) is 0 Å². The van der Waals surface area contributed by atoms with E-state index >= 15 is 0 Å². The second-order valence-electron chi connectivity index (χ2n) is 4.84. The molecule has 4 nitrogen and oxygen atoms in total. The van der Waals surface area contributed by atoms with Crippen molar-refractivity contribution in [1.29, 1.82) is 0 Å². The molecule has 4 heteroatoms. The Morgan fingerprint density at radius 3 is 2.84 bits per heavy atom. The third-order valence-electron chi connectivity index (χ3n) is 3.46. The lowest BCUT2D eigenvalue weighted by molar-refractivity contribution is -0.120. The highest BCUT2D eigenvalue weighted by molar-refractivity contribution is 5.95. The minimum atomic E-state index is 0.0938. The van der Waals surface area contributed by atoms with Gasteiger partial charge in [0.25, 0.3) is 0 Å². The van der Waals surface area contributed by atoms with E-state index in [4.69, 9.17) is 0 Å². The standard InChI is InChI=1S/C15H20N2O2/c1-3-16-15(19)7-9-17-8-6-13-10-12(11(2)18)4-5-14(13)17/h4-5,10H,3,6-9H2,1-2H3,(H,16,19). The highest BCUT2D eigenvalue weighted by Crippen LogP contribution is 2.28. The Kier molecular flexibility index (Phi) is 4.20. The molecule has 0 saturated carbocycles. The Balaban J connectivity index is 2.02. The summed E-state index contributed by atoms with van der Waals surface area (Å²) in [6.07, 6.45) is 1.47. The summed E-state index contributed by atoms with van der Waals surface area (Å²) >= 11 is 0. The highest BCUT2D eigenvalue weighted by Gasteiger charge is 2.20. The molecule has 102 valence electrons. The maximum atomic E-state index is 11.5. The van der Waals surface area contributed by atoms with E-state index in [9.17, 15) is 9.59 Å². The van der Waals surface area contributed by atoms with Gasteiger partial charge < -0.3 is 10.2 Å². The predicted molar refractivity (Wildman–Crippen MR) is 75.7 cm³/mol. The van der Waals surface area contributed by atoms with Crippen molar-refractivity contribution in [2.24, 2.45) is 0 Å². The molecule has 2 rings (SSSR count). The van der Waals surface area contributed by atoms with Gasteiger partial charge in [-0.2, -0.15) is 0 Å². The van der Waals surface area contributed by atoms with Gasteiger partial charge in [0.15, 0.2) is 5.78 Å². The molecule has 19 heavy (non-hydrogen) atoms. The van der Waals surface area contributed by atoms with Crippen LogP contribution in [0, 0.1) is 0 Å². The predicted octanol–water partition coefficient (Wildman–Crippen LogP) is 1.78. The summed E-state index contributed by atoms with van der Waals surface area (Å²) in [6.45, 7) is 5.85. The smallest absolute Gasteiger partial charge is 0.221 e. The number of anilines is 1. The average molecular weight is 260 g/mol. The number of nitrogens with zero attached hydrogens (tertiary/aromatic N) is 1. The molecule has 1 aromatic rings. The number of Topliss-reactive ketones (excluding diaryl/α,β-unsaturated/α-hetero) is 1. The van der Waals surface area contributed by atoms with Crippen molar-refractivity contribution in [3.05, 3.63) is 29.3 Å². The van der Waals surface area contributed by atoms with Crippen LogP contribution in [-0.2, 0) is 11.2 Å². The molecule has 1 heterocycles. The normalized spacial score (nSPS) is 13.3. The van der Waals surface area contributed by atoms with Gasteiger partial charge in [-0.15, -0.1) is 0 Å². The van der Waals surface area contributed by atoms with Crippen LogP contribution in [0.1, 0.15) is 36.2 Å². The van der Waals surface area contributed by atoms with Crippen molar-refractivity contribution in [1.82, 2.24) is 5.32 Å². The third kappa shape index (κ3) is 3.13. The molecule has 1 aliphatic rings. The molecule has 0 aliphatic carbocycles. The molecule has 1 aliphatic heterocycles. The molecule has 1 amide bonds. The molecule has 1 aromatic carbocycles. The van der Waals surface area contributed by atoms with E-state index in [1.807, 2.05) is 25.1 Å². The fraction of sp³-hybridized carbons (Fsp3) is 0.467. The summed E-state index contributed by atoms with van der Waals surface area (Å²) < 4.78 is 0. The number of nitrogens with one attached hydrogen (secondary N) is 1. The highest BCUT2D eigenvalue weighted by atomic mass is 16.1. The number of hydrogen-bond donors (Lipinski definition) is 1. The molecular formula is C15H20N2O2. The average Bonchev–Trinajstić information content (AvgIpc) is 2.79. The molecule has 0 spiro atoms. The van der Waals surface area contributed by atoms with Gasteiger partial charge in [0.05, 0.1) is 0 Å². The first-order chi connectivity index (χ1) is 9.11. The van der Waals surface area contributed by atoms with Crippen molar-refractivity contribution in [3.8, 4) is 0 Å². The lowest BCUT2D eigenvalue weighted by Crippen LogP contribution is -2.29. The Morgan fingerprint density at radius 1 is 1.37 bits per heavy atom. The van der Waals surface area contributed by atoms with Gasteiger partial charge in [-0.1, -0.05) is 0 Å². The lowest BCUT2D eigenvalue weighted by atomic mass is 10.1. The van der Waals surface area contributed by atoms with Crippen molar-refractivity contribution in [3.63, 3.8) is 0 Å². The zero-order chi connectivity index (χ0) is 13.8. The second kappa shape index (κ2) is 5.87. The fourth-order valence-corrected chi connectivity index (χ4v) is 2.44. The van der Waals surface area contributed by atoms with Gasteiger partial charge in [0.2, 0.25) is 5.91 Å². The van der Waals surface area contributed by atoms with Gasteiger partial charge >= 0.3 is 0 Å². The minimum Gasteiger partial charge on any atom is -0.370 e. The Morgan fingerprint density at radius 2 is 2.16 bits per heavy atom. The number of benzene rings is 1. The van der Waals surface area contributed by atoms with E-state index in [0.717, 1.165) is 30.8 Å². The quantitative estimate of drug-likeness (QED) is 0.821. The monoisotopic (exact) mass is 260 g/mol. The number of rotatable bonds is 5. The summed E-state index contributed by atoms with van der Waals surface area (Å²) in [4.78, 5) is 25.0. The van der Waals surface area contributed by atoms with Crippen molar-refractivity contribution < 1.29 is 9.59 Å². The van der Waals surface area contributed by atoms with Crippen LogP contribution in [0.4, 0.5) is 5.69 Å². The van der Waals surface area contributed by atoms with Gasteiger partial charge in [-0.25, -0.2) is 0 Å². The molecule has 0 bridgehead atoms. The Bertz CT molecular complexity index is 497. The zero-order valence-electron chi connectivity index (χ0n) is 11.5. The molecule has 1 N–H and O–H groups in total. The van der Waals surface area contributed by atoms with Gasteiger partial charge in [0, 0.05) is 37.3 Å². The van der Waals surface area contributed by atoms with E-state index in [0.29, 0.717) is 13.0 Å². The van der Waals surface area contributed by atoms with Crippen LogP contribution >= 0.6 is 0 Å². The number of hydrogen-bond acceptors (Lipinski definition) is 3. The van der Waals surface area contributed by atoms with Gasteiger partial charge in [-0.05, 0) is 44.0 Å². The maximum absolute atomic E-state index is 11.5. The minimum absolute atomic E-state index is 0.0938. The molecule has 0 unspecified atom stereocenters. The molecule has 0 saturated heterocycles. The van der Waals surface area contributed by atoms with Crippen LogP contribution < -0.4 is 10.2 Å². The number of carbonyl (C=O) groups is 2. The first-order valence-corrected chi connectivity index (χ1v) is 6.77. The lowest BCUT2D eigenvalue weighted by Gasteiger charge is -2.19. The van der Waals surface area contributed by atoms with E-state index in [2.05, 4.69) is 10.2 Å². The van der Waals surface area contributed by atoms with Gasteiger partial charge in [0.1, 0.15) is 0 Å². The second-order valence-corrected chi connectivity index (χ2v) is 4.84. The zero-order valence-corrected chi connectivity index (χ0v) is 11.5. The van der Waals surface area contributed by atoms with Crippen LogP contribution in [0.15, 0.2) is 18.2 Å².